The second-order valence-corrected chi connectivity index (χ2v) is 3.22. The summed E-state index contributed by atoms with van der Waals surface area (Å²) in [4.78, 5) is 12.3. The quantitative estimate of drug-likeness (QED) is 0.635. The minimum atomic E-state index is 0.280. The van der Waals surface area contributed by atoms with Crippen molar-refractivity contribution in [3.05, 3.63) is 24.2 Å². The number of likely N-dealkylation sites (tertiary alicyclic amines) is 1. The fourth-order valence-electron chi connectivity index (χ4n) is 1.17. The van der Waals surface area contributed by atoms with Crippen LogP contribution in [0.1, 0.15) is 12.8 Å². The third-order valence-corrected chi connectivity index (χ3v) is 2.00. The Morgan fingerprint density at radius 2 is 2.36 bits per heavy atom. The average molecular weight is 197 g/mol. The molecule has 1 amide bonds. The molecule has 1 N–H and O–H groups in total. The number of carbonyl (C=O) groups is 1. The number of hydrogen-bond donors (Lipinski definition) is 1. The fraction of sp³-hybridized carbons (Fsp3) is 0.500. The molecule has 0 aromatic carbocycles. The summed E-state index contributed by atoms with van der Waals surface area (Å²) in [6, 6.07) is 0. The number of allylic oxidation sites excluding steroid dienone is 2. The molecule has 0 aliphatic carbocycles. The minimum absolute atomic E-state index is 0.280. The molecule has 2 heterocycles. The number of ether oxygens (including phenoxy) is 1. The molecule has 2 rings (SSSR count). The minimum Gasteiger partial charge on any atom is -0.509 e. The van der Waals surface area contributed by atoms with E-state index in [1.54, 1.807) is 23.3 Å². The summed E-state index contributed by atoms with van der Waals surface area (Å²) >= 11 is 0. The van der Waals surface area contributed by atoms with E-state index in [4.69, 9.17) is 5.11 Å². The van der Waals surface area contributed by atoms with Crippen molar-refractivity contribution in [3.63, 3.8) is 0 Å². The van der Waals surface area contributed by atoms with Crippen molar-refractivity contribution < 1.29 is 14.6 Å². The normalized spacial score (nSPS) is 19.6. The molecule has 1 saturated heterocycles. The highest BCUT2D eigenvalue weighted by molar-refractivity contribution is 5.77. The Kier molecular flexibility index (Phi) is 4.04. The molecule has 0 aromatic heterocycles. The molecule has 0 spiro atoms. The average Bonchev–Trinajstić information content (AvgIpc) is 2.53. The molecule has 0 bridgehead atoms. The highest BCUT2D eigenvalue weighted by atomic mass is 16.5. The van der Waals surface area contributed by atoms with Gasteiger partial charge in [-0.3, -0.25) is 4.79 Å². The fourth-order valence-corrected chi connectivity index (χ4v) is 1.17. The zero-order valence-electron chi connectivity index (χ0n) is 8.27. The first-order valence-electron chi connectivity index (χ1n) is 4.60. The van der Waals surface area contributed by atoms with E-state index < -0.39 is 0 Å². The van der Waals surface area contributed by atoms with Gasteiger partial charge >= 0.3 is 0 Å². The molecule has 1 fully saturated rings. The van der Waals surface area contributed by atoms with Gasteiger partial charge in [-0.15, -0.1) is 0 Å². The van der Waals surface area contributed by atoms with Gasteiger partial charge in [0, 0.05) is 20.0 Å². The van der Waals surface area contributed by atoms with Gasteiger partial charge in [0.25, 0.3) is 0 Å². The first-order chi connectivity index (χ1) is 6.70. The van der Waals surface area contributed by atoms with E-state index >= 15 is 0 Å². The maximum atomic E-state index is 10.5. The van der Waals surface area contributed by atoms with Crippen molar-refractivity contribution >= 4 is 5.91 Å². The van der Waals surface area contributed by atoms with E-state index in [-0.39, 0.29) is 5.76 Å². The maximum Gasteiger partial charge on any atom is 0.222 e. The van der Waals surface area contributed by atoms with Gasteiger partial charge in [0.15, 0.2) is 0 Å². The monoisotopic (exact) mass is 197 g/mol. The number of amides is 1. The third kappa shape index (κ3) is 3.51. The summed E-state index contributed by atoms with van der Waals surface area (Å²) in [5.74, 6) is 0.572. The zero-order chi connectivity index (χ0) is 10.4. The molecule has 0 unspecified atom stereocenters. The summed E-state index contributed by atoms with van der Waals surface area (Å²) in [6.07, 6.45) is 6.61. The van der Waals surface area contributed by atoms with Crippen molar-refractivity contribution in [1.82, 2.24) is 4.90 Å². The van der Waals surface area contributed by atoms with Crippen LogP contribution in [0.25, 0.3) is 0 Å². The number of hydrogen-bond acceptors (Lipinski definition) is 3. The molecular formula is C10H15NO3. The largest absolute Gasteiger partial charge is 0.509 e. The number of aliphatic hydroxyl groups is 1. The molecule has 2 aliphatic rings. The van der Waals surface area contributed by atoms with E-state index in [0.717, 1.165) is 19.4 Å². The van der Waals surface area contributed by atoms with Gasteiger partial charge in [0.05, 0.1) is 6.26 Å². The lowest BCUT2D eigenvalue weighted by Crippen LogP contribution is -2.17. The Bertz CT molecular complexity index is 258. The lowest BCUT2D eigenvalue weighted by molar-refractivity contribution is -0.126. The van der Waals surface area contributed by atoms with Gasteiger partial charge in [0.1, 0.15) is 12.4 Å². The summed E-state index contributed by atoms with van der Waals surface area (Å²) in [5, 5.41) is 8.59. The molecule has 4 heteroatoms. The Morgan fingerprint density at radius 1 is 1.57 bits per heavy atom. The van der Waals surface area contributed by atoms with Crippen LogP contribution < -0.4 is 0 Å². The Hall–Kier alpha value is -1.45. The van der Waals surface area contributed by atoms with Crippen LogP contribution in [-0.2, 0) is 9.53 Å². The summed E-state index contributed by atoms with van der Waals surface area (Å²) < 4.78 is 4.68. The van der Waals surface area contributed by atoms with Gasteiger partial charge < -0.3 is 14.7 Å². The Labute approximate surface area is 83.5 Å². The Morgan fingerprint density at radius 3 is 2.57 bits per heavy atom. The lowest BCUT2D eigenvalue weighted by atomic mass is 10.4. The van der Waals surface area contributed by atoms with Crippen LogP contribution in [0.5, 0.6) is 0 Å². The number of aliphatic hydroxyl groups excluding tert-OH is 1. The van der Waals surface area contributed by atoms with Gasteiger partial charge in [-0.1, -0.05) is 0 Å². The van der Waals surface area contributed by atoms with E-state index in [1.165, 1.54) is 0 Å². The first-order valence-corrected chi connectivity index (χ1v) is 4.60. The van der Waals surface area contributed by atoms with Crippen molar-refractivity contribution in [3.8, 4) is 0 Å². The van der Waals surface area contributed by atoms with Crippen LogP contribution in [0.2, 0.25) is 0 Å². The molecule has 2 aliphatic heterocycles. The molecule has 0 atom stereocenters. The first kappa shape index (κ1) is 10.6. The Balaban J connectivity index is 0.000000140. The maximum absolute atomic E-state index is 10.5. The van der Waals surface area contributed by atoms with Crippen molar-refractivity contribution in [1.29, 1.82) is 0 Å². The van der Waals surface area contributed by atoms with Gasteiger partial charge in [-0.2, -0.15) is 0 Å². The van der Waals surface area contributed by atoms with Crippen molar-refractivity contribution in [2.75, 3.05) is 20.2 Å². The van der Waals surface area contributed by atoms with Crippen molar-refractivity contribution in [2.45, 2.75) is 12.8 Å². The predicted octanol–water partition coefficient (Wildman–Crippen LogP) is 1.21. The highest BCUT2D eigenvalue weighted by Gasteiger charge is 2.14. The highest BCUT2D eigenvalue weighted by Crippen LogP contribution is 2.04. The van der Waals surface area contributed by atoms with Gasteiger partial charge in [-0.05, 0) is 18.6 Å². The topological polar surface area (TPSA) is 49.8 Å². The second kappa shape index (κ2) is 5.32. The number of carbonyl (C=O) groups excluding carboxylic acids is 1. The molecule has 0 aromatic rings. The molecule has 0 radical (unpaired) electrons. The summed E-state index contributed by atoms with van der Waals surface area (Å²) in [7, 11) is 1.84. The SMILES string of the molecule is CN1CCCC1=O.OC1=CC=COC1. The molecule has 14 heavy (non-hydrogen) atoms. The van der Waals surface area contributed by atoms with Crippen LogP contribution >= 0.6 is 0 Å². The van der Waals surface area contributed by atoms with Crippen LogP contribution in [0.4, 0.5) is 0 Å². The zero-order valence-corrected chi connectivity index (χ0v) is 8.27. The van der Waals surface area contributed by atoms with Crippen molar-refractivity contribution in [2.24, 2.45) is 0 Å². The summed E-state index contributed by atoms with van der Waals surface area (Å²) in [6.45, 7) is 1.27. The smallest absolute Gasteiger partial charge is 0.222 e. The van der Waals surface area contributed by atoms with E-state index in [0.29, 0.717) is 12.5 Å². The number of rotatable bonds is 0. The molecule has 78 valence electrons. The van der Waals surface area contributed by atoms with Crippen LogP contribution in [0, 0.1) is 0 Å². The molecule has 4 nitrogen and oxygen atoms in total. The van der Waals surface area contributed by atoms with E-state index in [1.807, 2.05) is 7.05 Å². The van der Waals surface area contributed by atoms with E-state index in [2.05, 4.69) is 4.74 Å². The lowest BCUT2D eigenvalue weighted by Gasteiger charge is -2.03. The third-order valence-electron chi connectivity index (χ3n) is 2.00. The van der Waals surface area contributed by atoms with Crippen LogP contribution in [0.15, 0.2) is 24.2 Å². The summed E-state index contributed by atoms with van der Waals surface area (Å²) in [5.41, 5.74) is 0. The second-order valence-electron chi connectivity index (χ2n) is 3.22. The van der Waals surface area contributed by atoms with E-state index in [9.17, 15) is 4.79 Å². The van der Waals surface area contributed by atoms with Gasteiger partial charge in [0.2, 0.25) is 5.91 Å². The van der Waals surface area contributed by atoms with Crippen LogP contribution in [0.3, 0.4) is 0 Å². The van der Waals surface area contributed by atoms with Gasteiger partial charge in [-0.25, -0.2) is 0 Å². The predicted molar refractivity (Wildman–Crippen MR) is 52.7 cm³/mol. The molecular weight excluding hydrogens is 182 g/mol. The van der Waals surface area contributed by atoms with Crippen LogP contribution in [-0.4, -0.2) is 36.1 Å². The standard InChI is InChI=1S/C5H9NO.C5H6O2/c1-6-4-2-3-5(6)7;6-5-2-1-3-7-4-5/h2-4H2,1H3;1-3,6H,4H2. The molecule has 0 saturated carbocycles. The number of nitrogens with zero attached hydrogens (tertiary/aromatic N) is 1.